The Morgan fingerprint density at radius 3 is 2.71 bits per heavy atom. The molecule has 1 saturated heterocycles. The van der Waals surface area contributed by atoms with E-state index in [1.54, 1.807) is 26.4 Å². The van der Waals surface area contributed by atoms with Crippen LogP contribution in [0.15, 0.2) is 24.4 Å². The monoisotopic (exact) mass is 449 g/mol. The first-order valence-electron chi connectivity index (χ1n) is 9.96. The van der Waals surface area contributed by atoms with Crippen molar-refractivity contribution in [2.75, 3.05) is 6.61 Å². The molecule has 5 atom stereocenters. The number of β-lactam (4-membered cyclic amide) rings is 1. The summed E-state index contributed by atoms with van der Waals surface area (Å²) >= 11 is 1.43. The molecule has 2 aliphatic rings. The molecule has 2 aromatic heterocycles. The summed E-state index contributed by atoms with van der Waals surface area (Å²) in [5, 5.41) is 10.1. The van der Waals surface area contributed by atoms with Gasteiger partial charge in [-0.15, -0.1) is 11.3 Å². The summed E-state index contributed by atoms with van der Waals surface area (Å²) in [4.78, 5) is 44.6. The molecule has 2 aromatic rings. The summed E-state index contributed by atoms with van der Waals surface area (Å²) in [6.07, 6.45) is 2.20. The minimum Gasteiger partial charge on any atom is -0.435 e. The fourth-order valence-electron chi connectivity index (χ4n) is 4.26. The molecule has 0 bridgehead atoms. The highest BCUT2D eigenvalue weighted by Crippen LogP contribution is 2.51. The molecule has 166 valence electrons. The molecule has 0 spiro atoms. The number of fused-ring (bicyclic) bond motifs is 2. The van der Waals surface area contributed by atoms with Crippen molar-refractivity contribution < 1.29 is 33.7 Å². The van der Waals surface area contributed by atoms with Crippen molar-refractivity contribution in [1.82, 2.24) is 14.3 Å². The molecule has 10 nitrogen and oxygen atoms in total. The average Bonchev–Trinajstić information content (AvgIpc) is 3.32. The summed E-state index contributed by atoms with van der Waals surface area (Å²) in [5.41, 5.74) is 0.764. The molecule has 0 saturated carbocycles. The van der Waals surface area contributed by atoms with E-state index >= 15 is 0 Å². The number of esters is 1. The molecule has 0 radical (unpaired) electrons. The van der Waals surface area contributed by atoms with Crippen LogP contribution < -0.4 is 0 Å². The minimum absolute atomic E-state index is 0.108. The Balaban J connectivity index is 1.68. The van der Waals surface area contributed by atoms with Crippen molar-refractivity contribution in [3.8, 4) is 0 Å². The van der Waals surface area contributed by atoms with Crippen LogP contribution in [0.2, 0.25) is 0 Å². The molecule has 0 aromatic carbocycles. The van der Waals surface area contributed by atoms with Crippen LogP contribution in [0.4, 0.5) is 4.79 Å². The number of nitrogens with zero attached hydrogens (tertiary/aromatic N) is 3. The van der Waals surface area contributed by atoms with Gasteiger partial charge in [0.2, 0.25) is 12.2 Å². The van der Waals surface area contributed by atoms with E-state index in [1.165, 1.54) is 23.2 Å². The molecule has 2 aliphatic heterocycles. The van der Waals surface area contributed by atoms with E-state index < -0.39 is 30.4 Å². The normalized spacial score (nSPS) is 24.6. The first-order chi connectivity index (χ1) is 14.7. The second-order valence-corrected chi connectivity index (χ2v) is 8.59. The highest BCUT2D eigenvalue weighted by molar-refractivity contribution is 7.18. The van der Waals surface area contributed by atoms with Crippen LogP contribution in [0.1, 0.15) is 32.6 Å². The summed E-state index contributed by atoms with van der Waals surface area (Å²) in [7, 11) is 0. The third-order valence-electron chi connectivity index (χ3n) is 5.53. The minimum atomic E-state index is -1.21. The number of aromatic nitrogens is 2. The van der Waals surface area contributed by atoms with Crippen molar-refractivity contribution in [3.05, 3.63) is 29.3 Å². The first-order valence-corrected chi connectivity index (χ1v) is 10.8. The van der Waals surface area contributed by atoms with Crippen LogP contribution in [0.3, 0.4) is 0 Å². The topological polar surface area (TPSA) is 120 Å². The number of thiazole rings is 1. The van der Waals surface area contributed by atoms with E-state index in [9.17, 15) is 19.5 Å². The number of imidazole rings is 1. The van der Waals surface area contributed by atoms with Gasteiger partial charge in [-0.05, 0) is 13.8 Å². The number of rotatable bonds is 6. The van der Waals surface area contributed by atoms with Gasteiger partial charge in [0.05, 0.1) is 42.1 Å². The Bertz CT molecular complexity index is 1040. The third kappa shape index (κ3) is 3.47. The van der Waals surface area contributed by atoms with Crippen LogP contribution in [0.25, 0.3) is 10.4 Å². The van der Waals surface area contributed by atoms with Crippen molar-refractivity contribution in [2.24, 2.45) is 11.8 Å². The lowest BCUT2D eigenvalue weighted by atomic mass is 9.77. The summed E-state index contributed by atoms with van der Waals surface area (Å²) < 4.78 is 16.8. The highest BCUT2D eigenvalue weighted by atomic mass is 32.1. The molecular formula is C20H23N3O7S. The Labute approximate surface area is 182 Å². The Kier molecular flexibility index (Phi) is 5.48. The fraction of sp³-hybridized carbons (Fsp3) is 0.500. The predicted molar refractivity (Wildman–Crippen MR) is 109 cm³/mol. The Morgan fingerprint density at radius 1 is 1.32 bits per heavy atom. The maximum atomic E-state index is 13.1. The van der Waals surface area contributed by atoms with Gasteiger partial charge in [0.15, 0.2) is 0 Å². The number of aliphatic hydroxyl groups excluding tert-OH is 1. The number of hydrogen-bond acceptors (Lipinski definition) is 9. The summed E-state index contributed by atoms with van der Waals surface area (Å²) in [6, 6.07) is -0.356. The van der Waals surface area contributed by atoms with Crippen LogP contribution >= 0.6 is 11.3 Å². The summed E-state index contributed by atoms with van der Waals surface area (Å²) in [6.45, 7) is 6.63. The second kappa shape index (κ2) is 7.97. The maximum absolute atomic E-state index is 13.1. The SMILES string of the molecule is CCOC(=O)OC(C)OC(=O)C1=C(c2cn3cncc3s2)[C@H](C)[C@@H]2[C@@H]([C@@H](C)O)C(=O)N12. The van der Waals surface area contributed by atoms with E-state index in [0.717, 1.165) is 9.71 Å². The largest absolute Gasteiger partial charge is 0.511 e. The van der Waals surface area contributed by atoms with Gasteiger partial charge in [-0.2, -0.15) is 0 Å². The lowest BCUT2D eigenvalue weighted by molar-refractivity contribution is -0.173. The van der Waals surface area contributed by atoms with Crippen LogP contribution in [-0.2, 0) is 23.8 Å². The highest BCUT2D eigenvalue weighted by Gasteiger charge is 2.60. The van der Waals surface area contributed by atoms with E-state index in [-0.39, 0.29) is 30.2 Å². The van der Waals surface area contributed by atoms with Crippen molar-refractivity contribution in [2.45, 2.75) is 46.1 Å². The molecule has 11 heteroatoms. The van der Waals surface area contributed by atoms with Gasteiger partial charge in [0, 0.05) is 24.6 Å². The Morgan fingerprint density at radius 2 is 2.06 bits per heavy atom. The molecule has 4 rings (SSSR count). The van der Waals surface area contributed by atoms with Crippen molar-refractivity contribution >= 4 is 39.8 Å². The standard InChI is InChI=1S/C20H23N3O7S/c1-5-28-20(27)30-11(4)29-19(26)17-14(12-7-22-8-21-6-13(22)31-12)9(2)16-15(10(3)24)18(25)23(16)17/h6-11,15-16,24H,5H2,1-4H3/t9-,10+,11?,15+,16+/m0/s1. The predicted octanol–water partition coefficient (Wildman–Crippen LogP) is 2.03. The van der Waals surface area contributed by atoms with Crippen molar-refractivity contribution in [1.29, 1.82) is 0 Å². The van der Waals surface area contributed by atoms with Gasteiger partial charge < -0.3 is 24.2 Å². The van der Waals surface area contributed by atoms with Crippen LogP contribution in [0, 0.1) is 11.8 Å². The number of hydrogen-bond donors (Lipinski definition) is 1. The molecular weight excluding hydrogens is 426 g/mol. The van der Waals surface area contributed by atoms with E-state index in [4.69, 9.17) is 14.2 Å². The average molecular weight is 449 g/mol. The van der Waals surface area contributed by atoms with E-state index in [2.05, 4.69) is 4.98 Å². The number of ether oxygens (including phenoxy) is 3. The lowest BCUT2D eigenvalue weighted by Crippen LogP contribution is -2.63. The fourth-order valence-corrected chi connectivity index (χ4v) is 5.36. The molecule has 0 aliphatic carbocycles. The van der Waals surface area contributed by atoms with Crippen molar-refractivity contribution in [3.63, 3.8) is 0 Å². The molecule has 31 heavy (non-hydrogen) atoms. The molecule has 4 heterocycles. The van der Waals surface area contributed by atoms with Gasteiger partial charge in [0.25, 0.3) is 0 Å². The van der Waals surface area contributed by atoms with Crippen LogP contribution in [0.5, 0.6) is 0 Å². The van der Waals surface area contributed by atoms with E-state index in [1.807, 2.05) is 17.5 Å². The number of carbonyl (C=O) groups excluding carboxylic acids is 3. The zero-order chi connectivity index (χ0) is 22.4. The Hall–Kier alpha value is -2.92. The van der Waals surface area contributed by atoms with Gasteiger partial charge in [-0.1, -0.05) is 6.92 Å². The number of amides is 1. The summed E-state index contributed by atoms with van der Waals surface area (Å²) in [5.74, 6) is -1.93. The lowest BCUT2D eigenvalue weighted by Gasteiger charge is -2.46. The van der Waals surface area contributed by atoms with Gasteiger partial charge >= 0.3 is 12.1 Å². The molecule has 1 fully saturated rings. The second-order valence-electron chi connectivity index (χ2n) is 7.52. The van der Waals surface area contributed by atoms with Gasteiger partial charge in [-0.25, -0.2) is 14.6 Å². The number of carbonyl (C=O) groups is 3. The third-order valence-corrected chi connectivity index (χ3v) is 6.60. The number of aliphatic hydroxyl groups is 1. The van der Waals surface area contributed by atoms with Gasteiger partial charge in [0.1, 0.15) is 10.5 Å². The van der Waals surface area contributed by atoms with Crippen LogP contribution in [-0.4, -0.2) is 62.5 Å². The zero-order valence-corrected chi connectivity index (χ0v) is 18.3. The smallest absolute Gasteiger partial charge is 0.435 e. The molecule has 1 N–H and O–H groups in total. The first kappa shape index (κ1) is 21.3. The van der Waals surface area contributed by atoms with Gasteiger partial charge in [-0.3, -0.25) is 9.20 Å². The maximum Gasteiger partial charge on any atom is 0.511 e. The molecule has 1 unspecified atom stereocenters. The zero-order valence-electron chi connectivity index (χ0n) is 17.5. The molecule has 1 amide bonds. The quantitative estimate of drug-likeness (QED) is 0.404. The van der Waals surface area contributed by atoms with E-state index in [0.29, 0.717) is 5.57 Å².